The van der Waals surface area contributed by atoms with Gasteiger partial charge >= 0.3 is 0 Å². The zero-order chi connectivity index (χ0) is 21.6. The third-order valence-corrected chi connectivity index (χ3v) is 11.7. The maximum absolute atomic E-state index is 2.58. The van der Waals surface area contributed by atoms with Gasteiger partial charge in [0.05, 0.1) is 0 Å². The van der Waals surface area contributed by atoms with Gasteiger partial charge in [0.1, 0.15) is 0 Å². The van der Waals surface area contributed by atoms with Crippen molar-refractivity contribution in [1.82, 2.24) is 0 Å². The molecule has 3 aliphatic rings. The normalized spacial score (nSPS) is 22.5. The van der Waals surface area contributed by atoms with Crippen molar-refractivity contribution in [3.63, 3.8) is 0 Å². The Labute approximate surface area is 196 Å². The minimum Gasteiger partial charge on any atom is -0.0804 e. The quantitative estimate of drug-likeness (QED) is 0.310. The van der Waals surface area contributed by atoms with Gasteiger partial charge in [-0.05, 0) is 60.3 Å². The van der Waals surface area contributed by atoms with Crippen molar-refractivity contribution in [2.75, 3.05) is 0 Å². The SMILES string of the molecule is C1=CCC(C2(P(C(=Cc3ccccc3)c3ccccc3)C3CCCCC3)CCCCC2)=C1. The molecule has 0 bridgehead atoms. The van der Waals surface area contributed by atoms with Crippen LogP contribution in [0.1, 0.15) is 81.8 Å². The van der Waals surface area contributed by atoms with Gasteiger partial charge in [-0.1, -0.05) is 131 Å². The second-order valence-corrected chi connectivity index (χ2v) is 12.7. The van der Waals surface area contributed by atoms with Crippen molar-refractivity contribution in [1.29, 1.82) is 0 Å². The molecule has 1 heteroatoms. The number of allylic oxidation sites excluding steroid dienone is 4. The van der Waals surface area contributed by atoms with Gasteiger partial charge in [-0.2, -0.15) is 0 Å². The Kier molecular flexibility index (Phi) is 7.09. The van der Waals surface area contributed by atoms with Crippen LogP contribution in [0.5, 0.6) is 0 Å². The molecule has 0 N–H and O–H groups in total. The Balaban J connectivity index is 1.69. The molecular formula is C31H37P. The van der Waals surface area contributed by atoms with Crippen LogP contribution in [0.3, 0.4) is 0 Å². The summed E-state index contributed by atoms with van der Waals surface area (Å²) < 4.78 is 0. The predicted octanol–water partition coefficient (Wildman–Crippen LogP) is 9.59. The van der Waals surface area contributed by atoms with Crippen molar-refractivity contribution in [3.8, 4) is 0 Å². The third kappa shape index (κ3) is 4.58. The second kappa shape index (κ2) is 10.4. The van der Waals surface area contributed by atoms with Gasteiger partial charge in [0.15, 0.2) is 0 Å². The summed E-state index contributed by atoms with van der Waals surface area (Å²) in [6.07, 6.45) is 25.1. The highest BCUT2D eigenvalue weighted by atomic mass is 31.1. The lowest BCUT2D eigenvalue weighted by Crippen LogP contribution is -2.36. The summed E-state index contributed by atoms with van der Waals surface area (Å²) >= 11 is 0. The van der Waals surface area contributed by atoms with Crippen LogP contribution in [0.4, 0.5) is 0 Å². The fourth-order valence-corrected chi connectivity index (χ4v) is 10.8. The molecule has 2 aromatic rings. The van der Waals surface area contributed by atoms with Crippen molar-refractivity contribution < 1.29 is 0 Å². The number of rotatable bonds is 6. The molecule has 3 aliphatic carbocycles. The van der Waals surface area contributed by atoms with Gasteiger partial charge in [0.2, 0.25) is 0 Å². The molecule has 1 atom stereocenters. The lowest BCUT2D eigenvalue weighted by Gasteiger charge is -2.50. The van der Waals surface area contributed by atoms with Crippen LogP contribution in [0.25, 0.3) is 11.4 Å². The Bertz CT molecular complexity index is 954. The van der Waals surface area contributed by atoms with E-state index >= 15 is 0 Å². The standard InChI is InChI=1S/C31H37P/c1-5-15-26(16-6-1)25-30(27-17-7-2-8-18-27)32(29-21-9-3-10-22-29)31(23-13-4-14-24-31)28-19-11-12-20-28/h1-2,5-8,11-12,15-19,25,29H,3-4,9-10,13-14,20-24H2. The molecule has 0 aliphatic heterocycles. The average molecular weight is 441 g/mol. The van der Waals surface area contributed by atoms with E-state index < -0.39 is 0 Å². The summed E-state index contributed by atoms with van der Waals surface area (Å²) in [5.74, 6) is 0. The highest BCUT2D eigenvalue weighted by molar-refractivity contribution is 7.71. The fourth-order valence-electron chi connectivity index (χ4n) is 6.37. The van der Waals surface area contributed by atoms with E-state index in [2.05, 4.69) is 85.0 Å². The van der Waals surface area contributed by atoms with E-state index in [1.54, 1.807) is 10.9 Å². The maximum atomic E-state index is 2.58. The van der Waals surface area contributed by atoms with Crippen molar-refractivity contribution in [3.05, 3.63) is 95.6 Å². The zero-order valence-corrected chi connectivity index (χ0v) is 20.3. The Morgan fingerprint density at radius 1 is 0.781 bits per heavy atom. The van der Waals surface area contributed by atoms with Gasteiger partial charge in [-0.15, -0.1) is 0 Å². The predicted molar refractivity (Wildman–Crippen MR) is 142 cm³/mol. The van der Waals surface area contributed by atoms with Gasteiger partial charge in [0.25, 0.3) is 0 Å². The van der Waals surface area contributed by atoms with E-state index in [9.17, 15) is 0 Å². The molecule has 0 nitrogen and oxygen atoms in total. The fraction of sp³-hybridized carbons (Fsp3) is 0.419. The van der Waals surface area contributed by atoms with E-state index in [0.717, 1.165) is 5.66 Å². The summed E-state index contributed by atoms with van der Waals surface area (Å²) in [5, 5.41) is 2.05. The molecule has 2 fully saturated rings. The average Bonchev–Trinajstić information content (AvgIpc) is 3.42. The molecule has 0 aromatic heterocycles. The Morgan fingerprint density at radius 3 is 2.09 bits per heavy atom. The number of benzene rings is 2. The van der Waals surface area contributed by atoms with Crippen LogP contribution >= 0.6 is 7.92 Å². The van der Waals surface area contributed by atoms with Crippen LogP contribution in [0.15, 0.2) is 84.5 Å². The van der Waals surface area contributed by atoms with E-state index in [1.807, 2.05) is 0 Å². The van der Waals surface area contributed by atoms with E-state index in [-0.39, 0.29) is 7.92 Å². The topological polar surface area (TPSA) is 0 Å². The summed E-state index contributed by atoms with van der Waals surface area (Å²) in [5.41, 5.74) is 5.43. The van der Waals surface area contributed by atoms with Crippen molar-refractivity contribution in [2.45, 2.75) is 81.4 Å². The van der Waals surface area contributed by atoms with Gasteiger partial charge in [0, 0.05) is 5.16 Å². The molecule has 0 heterocycles. The zero-order valence-electron chi connectivity index (χ0n) is 19.4. The first kappa shape index (κ1) is 21.9. The lowest BCUT2D eigenvalue weighted by molar-refractivity contribution is 0.420. The summed E-state index contributed by atoms with van der Waals surface area (Å²) in [7, 11) is -0.303. The second-order valence-electron chi connectivity index (χ2n) is 9.88. The maximum Gasteiger partial charge on any atom is 0.0163 e. The summed E-state index contributed by atoms with van der Waals surface area (Å²) in [6, 6.07) is 22.5. The molecular weight excluding hydrogens is 403 g/mol. The minimum absolute atomic E-state index is 0.303. The molecule has 2 saturated carbocycles. The molecule has 166 valence electrons. The highest BCUT2D eigenvalue weighted by Gasteiger charge is 2.47. The largest absolute Gasteiger partial charge is 0.0804 e. The Hall–Kier alpha value is -1.91. The van der Waals surface area contributed by atoms with E-state index in [4.69, 9.17) is 0 Å². The van der Waals surface area contributed by atoms with Gasteiger partial charge < -0.3 is 0 Å². The molecule has 1 unspecified atom stereocenters. The van der Waals surface area contributed by atoms with Gasteiger partial charge in [-0.3, -0.25) is 0 Å². The monoisotopic (exact) mass is 440 g/mol. The molecule has 32 heavy (non-hydrogen) atoms. The van der Waals surface area contributed by atoms with E-state index in [0.29, 0.717) is 5.16 Å². The molecule has 2 aromatic carbocycles. The highest BCUT2D eigenvalue weighted by Crippen LogP contribution is 2.72. The number of hydrogen-bond donors (Lipinski definition) is 0. The smallest absolute Gasteiger partial charge is 0.0163 e. The summed E-state index contributed by atoms with van der Waals surface area (Å²) in [4.78, 5) is 0. The molecule has 0 spiro atoms. The number of hydrogen-bond acceptors (Lipinski definition) is 0. The van der Waals surface area contributed by atoms with Crippen LogP contribution in [-0.4, -0.2) is 10.8 Å². The molecule has 0 saturated heterocycles. The first-order valence-electron chi connectivity index (χ1n) is 12.8. The van der Waals surface area contributed by atoms with Crippen LogP contribution in [-0.2, 0) is 0 Å². The first-order chi connectivity index (χ1) is 15.9. The molecule has 5 rings (SSSR count). The molecule has 0 amide bonds. The molecule has 0 radical (unpaired) electrons. The van der Waals surface area contributed by atoms with Crippen LogP contribution < -0.4 is 0 Å². The minimum atomic E-state index is -0.303. The Morgan fingerprint density at radius 2 is 1.44 bits per heavy atom. The van der Waals surface area contributed by atoms with Crippen molar-refractivity contribution >= 4 is 19.3 Å². The van der Waals surface area contributed by atoms with Crippen LogP contribution in [0.2, 0.25) is 0 Å². The van der Waals surface area contributed by atoms with Crippen molar-refractivity contribution in [2.24, 2.45) is 0 Å². The van der Waals surface area contributed by atoms with Gasteiger partial charge in [-0.25, -0.2) is 0 Å². The summed E-state index contributed by atoms with van der Waals surface area (Å²) in [6.45, 7) is 0. The van der Waals surface area contributed by atoms with E-state index in [1.165, 1.54) is 81.8 Å². The third-order valence-electron chi connectivity index (χ3n) is 7.88. The first-order valence-corrected chi connectivity index (χ1v) is 14.3. The van der Waals surface area contributed by atoms with Crippen LogP contribution in [0, 0.1) is 0 Å². The lowest BCUT2D eigenvalue weighted by atomic mass is 9.82.